The van der Waals surface area contributed by atoms with Crippen LogP contribution in [0.1, 0.15) is 52.6 Å². The molecule has 7 nitrogen and oxygen atoms in total. The van der Waals surface area contributed by atoms with E-state index in [2.05, 4.69) is 12.2 Å². The summed E-state index contributed by atoms with van der Waals surface area (Å²) in [6.45, 7) is 2.56. The van der Waals surface area contributed by atoms with Gasteiger partial charge in [-0.05, 0) is 30.0 Å². The number of thiophene rings is 1. The van der Waals surface area contributed by atoms with Crippen molar-refractivity contribution in [1.82, 2.24) is 4.57 Å². The predicted octanol–water partition coefficient (Wildman–Crippen LogP) is 4.39. The fraction of sp³-hybridized carbons (Fsp3) is 0.318. The van der Waals surface area contributed by atoms with Crippen molar-refractivity contribution in [3.63, 3.8) is 0 Å². The summed E-state index contributed by atoms with van der Waals surface area (Å²) >= 11 is 1.11. The molecule has 3 aromatic rings. The van der Waals surface area contributed by atoms with E-state index >= 15 is 0 Å². The third-order valence-corrected chi connectivity index (χ3v) is 5.79. The molecule has 8 heteroatoms. The lowest BCUT2D eigenvalue weighted by atomic mass is 10.1. The van der Waals surface area contributed by atoms with Gasteiger partial charge in [0.25, 0.3) is 11.5 Å². The molecule has 0 atom stereocenters. The van der Waals surface area contributed by atoms with Gasteiger partial charge in [-0.25, -0.2) is 4.79 Å². The molecule has 1 amide bonds. The van der Waals surface area contributed by atoms with Gasteiger partial charge in [0.05, 0.1) is 18.3 Å². The number of benzene rings is 1. The molecule has 1 aromatic carbocycles. The minimum Gasteiger partial charge on any atom is -0.506 e. The first-order valence-electron chi connectivity index (χ1n) is 9.81. The maximum atomic E-state index is 13.2. The number of nitrogens with one attached hydrogen (secondary N) is 1. The Kier molecular flexibility index (Phi) is 6.89. The number of unbranched alkanes of at least 4 members (excludes halogenated alkanes) is 3. The van der Waals surface area contributed by atoms with Gasteiger partial charge < -0.3 is 19.7 Å². The number of carbonyl (C=O) groups excluding carboxylic acids is 2. The maximum Gasteiger partial charge on any atom is 0.350 e. The number of nitrogens with zero attached hydrogens (tertiary/aromatic N) is 1. The number of aryl methyl sites for hydroxylation is 1. The minimum absolute atomic E-state index is 0.214. The van der Waals surface area contributed by atoms with Crippen LogP contribution in [0.25, 0.3) is 10.9 Å². The lowest BCUT2D eigenvalue weighted by Gasteiger charge is -2.15. The Hall–Kier alpha value is -3.13. The predicted molar refractivity (Wildman–Crippen MR) is 118 cm³/mol. The molecular weight excluding hydrogens is 404 g/mol. The number of fused-ring (bicyclic) bond motifs is 1. The van der Waals surface area contributed by atoms with Crippen molar-refractivity contribution in [2.75, 3.05) is 12.4 Å². The van der Waals surface area contributed by atoms with Crippen LogP contribution in [0.4, 0.5) is 5.69 Å². The van der Waals surface area contributed by atoms with Crippen molar-refractivity contribution in [2.45, 2.75) is 39.2 Å². The van der Waals surface area contributed by atoms with Crippen LogP contribution >= 0.6 is 11.3 Å². The number of hydrogen-bond donors (Lipinski definition) is 2. The zero-order valence-corrected chi connectivity index (χ0v) is 17.8. The molecule has 158 valence electrons. The third kappa shape index (κ3) is 4.23. The second-order valence-electron chi connectivity index (χ2n) is 6.87. The van der Waals surface area contributed by atoms with Crippen molar-refractivity contribution < 1.29 is 19.4 Å². The first-order chi connectivity index (χ1) is 14.5. The highest BCUT2D eigenvalue weighted by Gasteiger charge is 2.24. The van der Waals surface area contributed by atoms with Crippen LogP contribution < -0.4 is 10.9 Å². The molecule has 0 spiro atoms. The Morgan fingerprint density at radius 1 is 1.17 bits per heavy atom. The summed E-state index contributed by atoms with van der Waals surface area (Å²) in [4.78, 5) is 38.2. The average molecular weight is 429 g/mol. The molecule has 2 aromatic heterocycles. The number of carbonyl (C=O) groups is 2. The van der Waals surface area contributed by atoms with Crippen LogP contribution in [0.5, 0.6) is 5.75 Å². The summed E-state index contributed by atoms with van der Waals surface area (Å²) < 4.78 is 6.25. The van der Waals surface area contributed by atoms with Crippen molar-refractivity contribution in [3.05, 3.63) is 56.5 Å². The van der Waals surface area contributed by atoms with Crippen molar-refractivity contribution in [2.24, 2.45) is 0 Å². The molecule has 0 saturated heterocycles. The standard InChI is InChI=1S/C22H24N2O5S/c1-3-4-5-8-12-24-16-10-7-6-9-14(16)18(25)17(21(24)27)20(26)23-15-11-13-30-19(15)22(28)29-2/h6-7,9-11,13,25H,3-5,8,12H2,1-2H3,(H,23,26). The van der Waals surface area contributed by atoms with E-state index in [1.165, 1.54) is 11.7 Å². The second kappa shape index (κ2) is 9.58. The molecule has 30 heavy (non-hydrogen) atoms. The van der Waals surface area contributed by atoms with E-state index in [9.17, 15) is 19.5 Å². The number of ether oxygens (including phenoxy) is 1. The number of methoxy groups -OCH3 is 1. The Labute approximate surface area is 177 Å². The molecule has 0 aliphatic rings. The smallest absolute Gasteiger partial charge is 0.350 e. The molecule has 0 radical (unpaired) electrons. The quantitative estimate of drug-likeness (QED) is 0.410. The number of pyridine rings is 1. The van der Waals surface area contributed by atoms with Gasteiger partial charge >= 0.3 is 5.97 Å². The molecular formula is C22H24N2O5S. The van der Waals surface area contributed by atoms with Gasteiger partial charge in [-0.15, -0.1) is 11.3 Å². The fourth-order valence-corrected chi connectivity index (χ4v) is 4.12. The summed E-state index contributed by atoms with van der Waals surface area (Å²) in [7, 11) is 1.25. The molecule has 0 unspecified atom stereocenters. The summed E-state index contributed by atoms with van der Waals surface area (Å²) in [5.74, 6) is -1.72. The molecule has 0 bridgehead atoms. The van der Waals surface area contributed by atoms with Gasteiger partial charge in [0, 0.05) is 11.9 Å². The minimum atomic E-state index is -0.769. The van der Waals surface area contributed by atoms with Gasteiger partial charge in [0.2, 0.25) is 0 Å². The fourth-order valence-electron chi connectivity index (χ4n) is 3.36. The number of aromatic nitrogens is 1. The van der Waals surface area contributed by atoms with Gasteiger partial charge in [0.1, 0.15) is 16.2 Å². The van der Waals surface area contributed by atoms with Crippen LogP contribution in [0, 0.1) is 0 Å². The number of anilines is 1. The normalized spacial score (nSPS) is 10.9. The maximum absolute atomic E-state index is 13.2. The van der Waals surface area contributed by atoms with Crippen LogP contribution in [0.2, 0.25) is 0 Å². The molecule has 0 aliphatic heterocycles. The van der Waals surface area contributed by atoms with E-state index in [0.717, 1.165) is 37.0 Å². The molecule has 2 N–H and O–H groups in total. The number of para-hydroxylation sites is 1. The zero-order valence-electron chi connectivity index (χ0n) is 16.9. The van der Waals surface area contributed by atoms with Crippen LogP contribution in [-0.2, 0) is 11.3 Å². The second-order valence-corrected chi connectivity index (χ2v) is 7.78. The molecule has 0 aliphatic carbocycles. The van der Waals surface area contributed by atoms with Crippen LogP contribution in [0.3, 0.4) is 0 Å². The zero-order chi connectivity index (χ0) is 21.7. The number of esters is 1. The van der Waals surface area contributed by atoms with E-state index in [1.54, 1.807) is 35.7 Å². The van der Waals surface area contributed by atoms with E-state index in [-0.39, 0.29) is 21.9 Å². The average Bonchev–Trinajstić information content (AvgIpc) is 3.20. The SMILES string of the molecule is CCCCCCn1c(=O)c(C(=O)Nc2ccsc2C(=O)OC)c(O)c2ccccc21. The molecule has 2 heterocycles. The summed E-state index contributed by atoms with van der Waals surface area (Å²) in [5, 5.41) is 15.4. The molecule has 0 fully saturated rings. The number of amides is 1. The van der Waals surface area contributed by atoms with Crippen molar-refractivity contribution in [1.29, 1.82) is 0 Å². The molecule has 3 rings (SSSR count). The van der Waals surface area contributed by atoms with Crippen LogP contribution in [0.15, 0.2) is 40.5 Å². The highest BCUT2D eigenvalue weighted by atomic mass is 32.1. The lowest BCUT2D eigenvalue weighted by molar-refractivity contribution is 0.0607. The largest absolute Gasteiger partial charge is 0.506 e. The topological polar surface area (TPSA) is 97.6 Å². The van der Waals surface area contributed by atoms with E-state index in [4.69, 9.17) is 4.74 Å². The number of hydrogen-bond acceptors (Lipinski definition) is 6. The first kappa shape index (κ1) is 21.6. The Morgan fingerprint density at radius 3 is 2.67 bits per heavy atom. The Balaban J connectivity index is 2.03. The number of rotatable bonds is 8. The highest BCUT2D eigenvalue weighted by Crippen LogP contribution is 2.29. The lowest BCUT2D eigenvalue weighted by Crippen LogP contribution is -2.30. The van der Waals surface area contributed by atoms with Crippen molar-refractivity contribution >= 4 is 39.8 Å². The summed E-state index contributed by atoms with van der Waals surface area (Å²) in [6, 6.07) is 8.51. The van der Waals surface area contributed by atoms with Gasteiger partial charge in [-0.3, -0.25) is 9.59 Å². The van der Waals surface area contributed by atoms with Crippen LogP contribution in [-0.4, -0.2) is 28.7 Å². The van der Waals surface area contributed by atoms with Gasteiger partial charge in [-0.2, -0.15) is 0 Å². The number of aromatic hydroxyl groups is 1. The molecule has 0 saturated carbocycles. The van der Waals surface area contributed by atoms with E-state index < -0.39 is 17.4 Å². The Bertz CT molecular complexity index is 1130. The van der Waals surface area contributed by atoms with E-state index in [0.29, 0.717) is 17.4 Å². The third-order valence-electron chi connectivity index (χ3n) is 4.89. The summed E-state index contributed by atoms with van der Waals surface area (Å²) in [5.41, 5.74) is -0.0848. The summed E-state index contributed by atoms with van der Waals surface area (Å²) in [6.07, 6.45) is 3.90. The Morgan fingerprint density at radius 2 is 1.93 bits per heavy atom. The highest BCUT2D eigenvalue weighted by molar-refractivity contribution is 7.12. The van der Waals surface area contributed by atoms with E-state index in [1.807, 2.05) is 0 Å². The van der Waals surface area contributed by atoms with Gasteiger partial charge in [-0.1, -0.05) is 38.3 Å². The van der Waals surface area contributed by atoms with Gasteiger partial charge in [0.15, 0.2) is 0 Å². The first-order valence-corrected chi connectivity index (χ1v) is 10.7. The van der Waals surface area contributed by atoms with Crippen molar-refractivity contribution in [3.8, 4) is 5.75 Å². The monoisotopic (exact) mass is 428 g/mol.